The highest BCUT2D eigenvalue weighted by Gasteiger charge is 2.19. The Morgan fingerprint density at radius 1 is 0.291 bits per heavy atom. The third kappa shape index (κ3) is 5.36. The molecule has 0 fully saturated rings. The highest BCUT2D eigenvalue weighted by atomic mass is 15.2. The third-order valence-corrected chi connectivity index (χ3v) is 11.0. The van der Waals surface area contributed by atoms with E-state index in [0.29, 0.717) is 5.95 Å². The predicted octanol–water partition coefficient (Wildman–Crippen LogP) is 13.7. The number of hydrogen-bond acceptors (Lipinski definition) is 2. The smallest absolute Gasteiger partial charge is 0.235 e. The van der Waals surface area contributed by atoms with Crippen LogP contribution < -0.4 is 0 Å². The maximum absolute atomic E-state index is 5.52. The second-order valence-electron chi connectivity index (χ2n) is 14.3. The minimum absolute atomic E-state index is 0.653. The van der Waals surface area contributed by atoms with E-state index in [-0.39, 0.29) is 0 Å². The van der Waals surface area contributed by atoms with E-state index in [9.17, 15) is 0 Å². The van der Waals surface area contributed by atoms with Crippen LogP contribution in [0.1, 0.15) is 0 Å². The van der Waals surface area contributed by atoms with Gasteiger partial charge >= 0.3 is 0 Å². The van der Waals surface area contributed by atoms with Gasteiger partial charge in [-0.2, -0.15) is 0 Å². The van der Waals surface area contributed by atoms with E-state index in [1.54, 1.807) is 0 Å². The maximum Gasteiger partial charge on any atom is 0.235 e. The van der Waals surface area contributed by atoms with E-state index in [2.05, 4.69) is 205 Å². The van der Waals surface area contributed by atoms with Crippen LogP contribution in [0.4, 0.5) is 0 Å². The Labute approximate surface area is 318 Å². The summed E-state index contributed by atoms with van der Waals surface area (Å²) in [6.45, 7) is 0. The van der Waals surface area contributed by atoms with E-state index in [0.717, 1.165) is 44.3 Å². The Hall–Kier alpha value is -7.36. The second kappa shape index (κ2) is 12.6. The van der Waals surface area contributed by atoms with Crippen LogP contribution in [0.5, 0.6) is 0 Å². The molecule has 0 unspecified atom stereocenters. The molecule has 0 aliphatic heterocycles. The van der Waals surface area contributed by atoms with Crippen LogP contribution in [-0.4, -0.2) is 14.5 Å². The molecule has 0 saturated heterocycles. The zero-order valence-electron chi connectivity index (χ0n) is 29.9. The summed E-state index contributed by atoms with van der Waals surface area (Å²) in [4.78, 5) is 10.9. The molecule has 0 radical (unpaired) electrons. The maximum atomic E-state index is 5.52. The van der Waals surface area contributed by atoms with Gasteiger partial charge in [0, 0.05) is 21.7 Å². The van der Waals surface area contributed by atoms with Crippen molar-refractivity contribution in [2.75, 3.05) is 0 Å². The number of nitrogens with zero attached hydrogens (tertiary/aromatic N) is 3. The van der Waals surface area contributed by atoms with Crippen molar-refractivity contribution in [3.63, 3.8) is 0 Å². The topological polar surface area (TPSA) is 30.7 Å². The summed E-state index contributed by atoms with van der Waals surface area (Å²) in [6.07, 6.45) is 0. The van der Waals surface area contributed by atoms with Gasteiger partial charge < -0.3 is 0 Å². The first kappa shape index (κ1) is 31.2. The second-order valence-corrected chi connectivity index (χ2v) is 14.3. The number of fused-ring (bicyclic) bond motifs is 6. The van der Waals surface area contributed by atoms with Crippen molar-refractivity contribution in [2.24, 2.45) is 0 Å². The number of benzene rings is 9. The molecule has 3 heteroatoms. The summed E-state index contributed by atoms with van der Waals surface area (Å²) in [5, 5.41) is 8.18. The fourth-order valence-corrected chi connectivity index (χ4v) is 8.16. The molecule has 0 aliphatic rings. The average molecular weight is 700 g/mol. The lowest BCUT2D eigenvalue weighted by Crippen LogP contribution is -2.03. The van der Waals surface area contributed by atoms with Crippen molar-refractivity contribution in [1.29, 1.82) is 0 Å². The van der Waals surface area contributed by atoms with E-state index in [1.165, 1.54) is 54.6 Å². The molecule has 0 atom stereocenters. The summed E-state index contributed by atoms with van der Waals surface area (Å²) in [7, 11) is 0. The number of hydrogen-bond donors (Lipinski definition) is 0. The van der Waals surface area contributed by atoms with Gasteiger partial charge in [-0.25, -0.2) is 9.97 Å². The number of aromatic nitrogens is 3. The molecule has 0 N–H and O–H groups in total. The van der Waals surface area contributed by atoms with Crippen LogP contribution >= 0.6 is 0 Å². The van der Waals surface area contributed by atoms with Gasteiger partial charge in [-0.05, 0) is 91.3 Å². The molecule has 2 heterocycles. The third-order valence-electron chi connectivity index (χ3n) is 11.0. The molecule has 0 amide bonds. The van der Waals surface area contributed by atoms with Gasteiger partial charge in [-0.3, -0.25) is 4.57 Å². The highest BCUT2D eigenvalue weighted by Crippen LogP contribution is 2.39. The number of rotatable bonds is 5. The Balaban J connectivity index is 1.15. The van der Waals surface area contributed by atoms with Gasteiger partial charge in [-0.15, -0.1) is 0 Å². The van der Waals surface area contributed by atoms with E-state index in [1.807, 2.05) is 0 Å². The lowest BCUT2D eigenvalue weighted by molar-refractivity contribution is 1.01. The lowest BCUT2D eigenvalue weighted by atomic mass is 9.97. The first-order valence-electron chi connectivity index (χ1n) is 18.7. The van der Waals surface area contributed by atoms with Gasteiger partial charge in [0.1, 0.15) is 0 Å². The molecule has 0 spiro atoms. The molecular formula is C52H33N3. The van der Waals surface area contributed by atoms with Crippen LogP contribution in [-0.2, 0) is 0 Å². The van der Waals surface area contributed by atoms with E-state index < -0.39 is 0 Å². The summed E-state index contributed by atoms with van der Waals surface area (Å²) in [6, 6.07) is 71.6. The van der Waals surface area contributed by atoms with E-state index >= 15 is 0 Å². The highest BCUT2D eigenvalue weighted by molar-refractivity contribution is 6.16. The van der Waals surface area contributed by atoms with Gasteiger partial charge in [0.05, 0.1) is 22.2 Å². The molecule has 0 bridgehead atoms. The standard InChI is InChI=1S/C52H33N3/c1-3-11-34(12-4-1)36-19-21-38(22-20-36)44-27-28-48-47(31-44)51(39-25-23-37(24-26-39)35-13-5-2-6-14-35)54-52(53-48)55-49-32-42-17-9-7-15-40(42)29-45(49)46-30-41-16-8-10-18-43(41)33-50(46)55/h1-33H. The minimum Gasteiger partial charge on any atom is -0.278 e. The van der Waals surface area contributed by atoms with E-state index in [4.69, 9.17) is 9.97 Å². The van der Waals surface area contributed by atoms with Crippen LogP contribution in [0.25, 0.3) is 105 Å². The van der Waals surface area contributed by atoms with Gasteiger partial charge in [0.25, 0.3) is 0 Å². The summed E-state index contributed by atoms with van der Waals surface area (Å²) >= 11 is 0. The van der Waals surface area contributed by atoms with Crippen molar-refractivity contribution >= 4 is 54.3 Å². The van der Waals surface area contributed by atoms with Crippen molar-refractivity contribution in [3.05, 3.63) is 200 Å². The quantitative estimate of drug-likeness (QED) is 0.179. The zero-order valence-corrected chi connectivity index (χ0v) is 29.9. The Kier molecular flexibility index (Phi) is 7.17. The predicted molar refractivity (Wildman–Crippen MR) is 231 cm³/mol. The molecule has 2 aromatic heterocycles. The van der Waals surface area contributed by atoms with Crippen LogP contribution in [0.15, 0.2) is 200 Å². The lowest BCUT2D eigenvalue weighted by Gasteiger charge is -2.14. The molecule has 0 aliphatic carbocycles. The SMILES string of the molecule is c1ccc(-c2ccc(-c3ccc4nc(-n5c6cc7ccccc7cc6c6cc7ccccc7cc65)nc(-c5ccc(-c6ccccc6)cc5)c4c3)cc2)cc1. The van der Waals surface area contributed by atoms with Crippen molar-refractivity contribution in [3.8, 4) is 50.6 Å². The van der Waals surface area contributed by atoms with Crippen molar-refractivity contribution in [2.45, 2.75) is 0 Å². The zero-order chi connectivity index (χ0) is 36.3. The normalized spacial score (nSPS) is 11.6. The largest absolute Gasteiger partial charge is 0.278 e. The van der Waals surface area contributed by atoms with Crippen molar-refractivity contribution in [1.82, 2.24) is 14.5 Å². The molecule has 3 nitrogen and oxygen atoms in total. The molecule has 55 heavy (non-hydrogen) atoms. The molecular weight excluding hydrogens is 667 g/mol. The minimum atomic E-state index is 0.653. The Morgan fingerprint density at radius 3 is 1.20 bits per heavy atom. The van der Waals surface area contributed by atoms with Crippen molar-refractivity contribution < 1.29 is 0 Å². The molecule has 0 saturated carbocycles. The fourth-order valence-electron chi connectivity index (χ4n) is 8.16. The Morgan fingerprint density at radius 2 is 0.691 bits per heavy atom. The first-order valence-corrected chi connectivity index (χ1v) is 18.7. The summed E-state index contributed by atoms with van der Waals surface area (Å²) in [5.74, 6) is 0.653. The van der Waals surface area contributed by atoms with Crippen LogP contribution in [0, 0.1) is 0 Å². The molecule has 256 valence electrons. The summed E-state index contributed by atoms with van der Waals surface area (Å²) in [5.41, 5.74) is 12.1. The Bertz CT molecular complexity index is 3120. The van der Waals surface area contributed by atoms with Gasteiger partial charge in [0.2, 0.25) is 5.95 Å². The van der Waals surface area contributed by atoms with Crippen LogP contribution in [0.3, 0.4) is 0 Å². The molecule has 11 rings (SSSR count). The molecule has 11 aromatic rings. The monoisotopic (exact) mass is 699 g/mol. The average Bonchev–Trinajstić information content (AvgIpc) is 3.56. The fraction of sp³-hybridized carbons (Fsp3) is 0. The van der Waals surface area contributed by atoms with Gasteiger partial charge in [0.15, 0.2) is 0 Å². The molecule has 9 aromatic carbocycles. The van der Waals surface area contributed by atoms with Gasteiger partial charge in [-0.1, -0.05) is 164 Å². The van der Waals surface area contributed by atoms with Crippen LogP contribution in [0.2, 0.25) is 0 Å². The first-order chi connectivity index (χ1) is 27.2. The summed E-state index contributed by atoms with van der Waals surface area (Å²) < 4.78 is 2.26.